The number of rotatable bonds is 12. The Hall–Kier alpha value is -3.51. The predicted octanol–water partition coefficient (Wildman–Crippen LogP) is 1.02. The van der Waals surface area contributed by atoms with Crippen LogP contribution in [0.25, 0.3) is 0 Å². The van der Waals surface area contributed by atoms with Gasteiger partial charge in [0.1, 0.15) is 11.8 Å². The van der Waals surface area contributed by atoms with Crippen molar-refractivity contribution in [3.63, 3.8) is 0 Å². The van der Waals surface area contributed by atoms with E-state index in [4.69, 9.17) is 9.47 Å². The molecule has 0 radical (unpaired) electrons. The number of carboxylic acid groups (broad SMARTS) is 2. The van der Waals surface area contributed by atoms with Crippen LogP contribution in [0.4, 0.5) is 0 Å². The van der Waals surface area contributed by atoms with E-state index in [9.17, 15) is 34.8 Å². The van der Waals surface area contributed by atoms with Gasteiger partial charge in [0.15, 0.2) is 0 Å². The minimum atomic E-state index is -2.16. The first-order valence-corrected chi connectivity index (χ1v) is 11.9. The average Bonchev–Trinajstić information content (AvgIpc) is 2.85. The molecule has 37 heavy (non-hydrogen) atoms. The Morgan fingerprint density at radius 2 is 1.76 bits per heavy atom. The van der Waals surface area contributed by atoms with Gasteiger partial charge in [0, 0.05) is 13.3 Å². The topological polar surface area (TPSA) is 175 Å². The summed E-state index contributed by atoms with van der Waals surface area (Å²) < 4.78 is 11.6. The van der Waals surface area contributed by atoms with Crippen molar-refractivity contribution in [1.82, 2.24) is 10.6 Å². The third-order valence-electron chi connectivity index (χ3n) is 6.14. The molecule has 0 saturated carbocycles. The number of hydrogen-bond donors (Lipinski definition) is 6. The van der Waals surface area contributed by atoms with Crippen LogP contribution in [-0.4, -0.2) is 74.9 Å². The Balaban J connectivity index is 1.72. The summed E-state index contributed by atoms with van der Waals surface area (Å²) in [5, 5.41) is 45.4. The number of phenols is 1. The highest BCUT2D eigenvalue weighted by Gasteiger charge is 2.53. The quantitative estimate of drug-likeness (QED) is 0.239. The van der Waals surface area contributed by atoms with E-state index < -0.39 is 54.3 Å². The number of carbonyl (C=O) groups is 3. The van der Waals surface area contributed by atoms with Crippen LogP contribution < -0.4 is 10.6 Å². The molecule has 1 aliphatic heterocycles. The number of carboxylic acids is 2. The lowest BCUT2D eigenvalue weighted by molar-refractivity contribution is -0.299. The van der Waals surface area contributed by atoms with Crippen molar-refractivity contribution in [2.45, 2.75) is 62.9 Å². The van der Waals surface area contributed by atoms with E-state index in [1.54, 1.807) is 36.4 Å². The standard InChI is InChI=1S/C26H32N2O9/c1-16(29)28-23-21(31)14-26(25(34)35,36-15-18-5-3-2-4-6-18)37-22(23)11-12-27-20(24(32)33)13-17-7-9-19(30)10-8-17/h2-10,20-23,27,30-31H,11-15H2,1H3,(H,28,29)(H,32,33)(H,34,35). The Morgan fingerprint density at radius 1 is 1.08 bits per heavy atom. The first kappa shape index (κ1) is 28.1. The molecule has 0 bridgehead atoms. The van der Waals surface area contributed by atoms with Crippen LogP contribution in [0.5, 0.6) is 5.75 Å². The highest BCUT2D eigenvalue weighted by Crippen LogP contribution is 2.33. The van der Waals surface area contributed by atoms with Crippen molar-refractivity contribution in [2.75, 3.05) is 6.54 Å². The minimum Gasteiger partial charge on any atom is -0.508 e. The SMILES string of the molecule is CC(=O)NC1C(O)CC(OCc2ccccc2)(C(=O)O)OC1CCNC(Cc1ccc(O)cc1)C(=O)O. The maximum atomic E-state index is 12.3. The zero-order valence-corrected chi connectivity index (χ0v) is 20.4. The van der Waals surface area contributed by atoms with Crippen molar-refractivity contribution in [2.24, 2.45) is 0 Å². The minimum absolute atomic E-state index is 0.0667. The number of phenolic OH excluding ortho intramolecular Hbond substituents is 1. The molecule has 1 fully saturated rings. The van der Waals surface area contributed by atoms with Gasteiger partial charge in [-0.15, -0.1) is 0 Å². The molecule has 11 heteroatoms. The lowest BCUT2D eigenvalue weighted by atomic mass is 9.91. The second-order valence-corrected chi connectivity index (χ2v) is 8.99. The van der Waals surface area contributed by atoms with Crippen LogP contribution in [-0.2, 0) is 36.9 Å². The van der Waals surface area contributed by atoms with Gasteiger partial charge >= 0.3 is 11.9 Å². The van der Waals surface area contributed by atoms with Crippen molar-refractivity contribution in [3.8, 4) is 5.75 Å². The molecule has 5 atom stereocenters. The van der Waals surface area contributed by atoms with Gasteiger partial charge in [-0.3, -0.25) is 9.59 Å². The molecule has 1 heterocycles. The molecule has 0 aromatic heterocycles. The van der Waals surface area contributed by atoms with E-state index in [2.05, 4.69) is 10.6 Å². The molecule has 11 nitrogen and oxygen atoms in total. The number of aromatic hydroxyl groups is 1. The number of aliphatic hydroxyl groups excluding tert-OH is 1. The molecule has 3 rings (SSSR count). The van der Waals surface area contributed by atoms with Crippen molar-refractivity contribution < 1.29 is 44.3 Å². The summed E-state index contributed by atoms with van der Waals surface area (Å²) in [4.78, 5) is 35.8. The zero-order valence-electron chi connectivity index (χ0n) is 20.4. The second-order valence-electron chi connectivity index (χ2n) is 8.99. The van der Waals surface area contributed by atoms with Gasteiger partial charge in [-0.05, 0) is 42.6 Å². The molecule has 6 N–H and O–H groups in total. The van der Waals surface area contributed by atoms with E-state index in [1.165, 1.54) is 19.1 Å². The number of benzene rings is 2. The van der Waals surface area contributed by atoms with Crippen molar-refractivity contribution in [3.05, 3.63) is 65.7 Å². The first-order chi connectivity index (χ1) is 17.6. The lowest BCUT2D eigenvalue weighted by Gasteiger charge is -2.44. The van der Waals surface area contributed by atoms with Crippen LogP contribution in [0.15, 0.2) is 54.6 Å². The lowest BCUT2D eigenvalue weighted by Crippen LogP contribution is -2.64. The summed E-state index contributed by atoms with van der Waals surface area (Å²) in [6.07, 6.45) is -2.48. The predicted molar refractivity (Wildman–Crippen MR) is 131 cm³/mol. The van der Waals surface area contributed by atoms with Gasteiger partial charge < -0.3 is 40.5 Å². The summed E-state index contributed by atoms with van der Waals surface area (Å²) in [5.74, 6) is -5.04. The summed E-state index contributed by atoms with van der Waals surface area (Å²) >= 11 is 0. The Morgan fingerprint density at radius 3 is 2.35 bits per heavy atom. The highest BCUT2D eigenvalue weighted by atomic mass is 16.7. The molecule has 2 aromatic carbocycles. The second kappa shape index (κ2) is 12.6. The number of nitrogens with one attached hydrogen (secondary N) is 2. The first-order valence-electron chi connectivity index (χ1n) is 11.9. The van der Waals surface area contributed by atoms with Gasteiger partial charge in [0.05, 0.1) is 24.9 Å². The molecule has 1 saturated heterocycles. The van der Waals surface area contributed by atoms with Crippen molar-refractivity contribution in [1.29, 1.82) is 0 Å². The molecular formula is C26H32N2O9. The maximum absolute atomic E-state index is 12.3. The van der Waals surface area contributed by atoms with Crippen LogP contribution in [0, 0.1) is 0 Å². The summed E-state index contributed by atoms with van der Waals surface area (Å²) in [5.41, 5.74) is 1.40. The molecule has 5 unspecified atom stereocenters. The van der Waals surface area contributed by atoms with Gasteiger partial charge in [-0.1, -0.05) is 42.5 Å². The van der Waals surface area contributed by atoms with Crippen molar-refractivity contribution >= 4 is 17.8 Å². The normalized spacial score (nSPS) is 24.2. The molecular weight excluding hydrogens is 484 g/mol. The zero-order chi connectivity index (χ0) is 27.0. The Kier molecular flexibility index (Phi) is 9.59. The summed E-state index contributed by atoms with van der Waals surface area (Å²) in [6.45, 7) is 1.27. The third-order valence-corrected chi connectivity index (χ3v) is 6.14. The molecule has 0 aliphatic carbocycles. The Bertz CT molecular complexity index is 1060. The van der Waals surface area contributed by atoms with E-state index in [-0.39, 0.29) is 31.7 Å². The van der Waals surface area contributed by atoms with Gasteiger partial charge in [0.25, 0.3) is 5.79 Å². The molecule has 2 aromatic rings. The fourth-order valence-corrected chi connectivity index (χ4v) is 4.26. The van der Waals surface area contributed by atoms with Crippen LogP contribution >= 0.6 is 0 Å². The number of ether oxygens (including phenoxy) is 2. The van der Waals surface area contributed by atoms with Crippen LogP contribution in [0.3, 0.4) is 0 Å². The van der Waals surface area contributed by atoms with Crippen LogP contribution in [0.1, 0.15) is 30.9 Å². The molecule has 200 valence electrons. The largest absolute Gasteiger partial charge is 0.508 e. The fourth-order valence-electron chi connectivity index (χ4n) is 4.26. The van der Waals surface area contributed by atoms with E-state index in [1.807, 2.05) is 6.07 Å². The summed E-state index contributed by atoms with van der Waals surface area (Å²) in [6, 6.07) is 13.1. The van der Waals surface area contributed by atoms with Gasteiger partial charge in [-0.2, -0.15) is 0 Å². The Labute approximate surface area is 214 Å². The van der Waals surface area contributed by atoms with Gasteiger partial charge in [0.2, 0.25) is 5.91 Å². The monoisotopic (exact) mass is 516 g/mol. The smallest absolute Gasteiger partial charge is 0.364 e. The van der Waals surface area contributed by atoms with E-state index in [0.717, 1.165) is 0 Å². The molecule has 1 amide bonds. The van der Waals surface area contributed by atoms with Crippen LogP contribution in [0.2, 0.25) is 0 Å². The fraction of sp³-hybridized carbons (Fsp3) is 0.423. The summed E-state index contributed by atoms with van der Waals surface area (Å²) in [7, 11) is 0. The number of amides is 1. The average molecular weight is 517 g/mol. The number of aliphatic hydroxyl groups is 1. The van der Waals surface area contributed by atoms with E-state index >= 15 is 0 Å². The molecule has 1 aliphatic rings. The number of aliphatic carboxylic acids is 2. The number of carbonyl (C=O) groups excluding carboxylic acids is 1. The highest BCUT2D eigenvalue weighted by molar-refractivity contribution is 5.76. The third kappa shape index (κ3) is 7.73. The van der Waals surface area contributed by atoms with Gasteiger partial charge in [-0.25, -0.2) is 4.79 Å². The number of hydrogen-bond acceptors (Lipinski definition) is 8. The molecule has 0 spiro atoms. The maximum Gasteiger partial charge on any atom is 0.364 e. The van der Waals surface area contributed by atoms with E-state index in [0.29, 0.717) is 11.1 Å².